The zero-order chi connectivity index (χ0) is 50.6. The number of rotatable bonds is 8. The van der Waals surface area contributed by atoms with Gasteiger partial charge in [0.2, 0.25) is 5.79 Å². The molecule has 0 radical (unpaired) electrons. The van der Waals surface area contributed by atoms with Crippen molar-refractivity contribution in [1.82, 2.24) is 4.90 Å². The van der Waals surface area contributed by atoms with Gasteiger partial charge in [-0.2, -0.15) is 0 Å². The van der Waals surface area contributed by atoms with E-state index < -0.39 is 77.8 Å². The maximum absolute atomic E-state index is 14.5. The first-order chi connectivity index (χ1) is 32.8. The topological polar surface area (TPSA) is 194 Å². The number of Topliss-reactive ketones (excluding diaryl/α,β-unsaturated/α-hetero) is 3. The number of allylic oxidation sites excluding steroid dienone is 6. The summed E-state index contributed by atoms with van der Waals surface area (Å²) in [6.07, 6.45) is 12.6. The lowest BCUT2D eigenvalue weighted by Gasteiger charge is -2.42. The van der Waals surface area contributed by atoms with Crippen molar-refractivity contribution >= 4 is 29.2 Å². The minimum atomic E-state index is -2.43. The lowest BCUT2D eigenvalue weighted by Crippen LogP contribution is -2.61. The molecule has 0 aromatic rings. The van der Waals surface area contributed by atoms with E-state index in [1.54, 1.807) is 41.1 Å². The van der Waals surface area contributed by atoms with Crippen molar-refractivity contribution in [1.29, 1.82) is 0 Å². The number of hydrogen-bond acceptors (Lipinski definition) is 14. The molecule has 1 amide bonds. The van der Waals surface area contributed by atoms with Gasteiger partial charge in [0.1, 0.15) is 36.2 Å². The summed E-state index contributed by atoms with van der Waals surface area (Å²) in [7, 11) is 4.65. The van der Waals surface area contributed by atoms with Crippen LogP contribution in [0.5, 0.6) is 0 Å². The second-order valence-electron chi connectivity index (χ2n) is 20.9. The van der Waals surface area contributed by atoms with Gasteiger partial charge in [0.05, 0.1) is 37.6 Å². The molecule has 5 aliphatic rings. The van der Waals surface area contributed by atoms with Crippen LogP contribution < -0.4 is 0 Å². The number of esters is 1. The second kappa shape index (κ2) is 26.3. The molecule has 2 N–H and O–H groups in total. The van der Waals surface area contributed by atoms with Gasteiger partial charge in [0.15, 0.2) is 5.78 Å². The molecule has 0 aromatic heterocycles. The molecule has 3 saturated heterocycles. The molecule has 2 unspecified atom stereocenters. The van der Waals surface area contributed by atoms with E-state index >= 15 is 0 Å². The highest BCUT2D eigenvalue weighted by Gasteiger charge is 2.53. The van der Waals surface area contributed by atoms with Crippen LogP contribution in [0.25, 0.3) is 0 Å². The third-order valence-corrected chi connectivity index (χ3v) is 15.4. The van der Waals surface area contributed by atoms with E-state index in [2.05, 4.69) is 0 Å². The summed E-state index contributed by atoms with van der Waals surface area (Å²) in [5.74, 6) is -7.79. The van der Waals surface area contributed by atoms with E-state index in [-0.39, 0.29) is 67.0 Å². The predicted octanol–water partition coefficient (Wildman–Crippen LogP) is 6.60. The standard InChI is InChI=1S/C54H83NO14/c1-32-16-12-11-13-17-33(2)45(63-8)28-40-21-19-38(7)54(62,69-40)51(59)52(60)55-23-15-14-18-42(55)53(61)68-46(35(4)26-39-20-22-44(47(27-39)64-9)67-41-30-66-31-41)29-43(56)34(3)25-37(6)49(58)50(65-10)48(57)36(5)24-32/h11-13,16-17,25,32,34-36,38-42,44-47,49-50,58,62H,14-15,18-24,26-31H2,1-10H3/b13-11+,16-12+,33-17+,37-25+/t32-,34-,35+,36-,38-,39-,40+,42+,44+,45+,46+,47?,49?,50+,54-/m1/s1. The molecule has 0 aromatic carbocycles. The maximum atomic E-state index is 14.5. The number of cyclic esters (lactones) is 1. The van der Waals surface area contributed by atoms with E-state index in [9.17, 15) is 34.2 Å². The van der Waals surface area contributed by atoms with Crippen molar-refractivity contribution in [2.24, 2.45) is 35.5 Å². The number of ketones is 3. The van der Waals surface area contributed by atoms with E-state index in [0.29, 0.717) is 70.2 Å². The van der Waals surface area contributed by atoms with Crippen molar-refractivity contribution in [3.63, 3.8) is 0 Å². The molecular formula is C54H83NO14. The number of nitrogens with zero attached hydrogens (tertiary/aromatic N) is 1. The van der Waals surface area contributed by atoms with Crippen molar-refractivity contribution in [2.75, 3.05) is 41.1 Å². The fourth-order valence-electron chi connectivity index (χ4n) is 10.8. The minimum Gasteiger partial charge on any atom is -0.460 e. The van der Waals surface area contributed by atoms with Gasteiger partial charge < -0.3 is 48.3 Å². The van der Waals surface area contributed by atoms with Crippen LogP contribution in [-0.2, 0) is 57.1 Å². The fraction of sp³-hybridized carbons (Fsp3) is 0.759. The first-order valence-corrected chi connectivity index (χ1v) is 25.5. The van der Waals surface area contributed by atoms with Crippen LogP contribution >= 0.6 is 0 Å². The molecule has 0 spiro atoms. The van der Waals surface area contributed by atoms with Crippen molar-refractivity contribution in [3.8, 4) is 0 Å². The Hall–Kier alpha value is -3.41. The number of aliphatic hydroxyl groups is 2. The minimum absolute atomic E-state index is 0.0210. The van der Waals surface area contributed by atoms with E-state index in [4.69, 9.17) is 33.2 Å². The largest absolute Gasteiger partial charge is 0.460 e. The van der Waals surface area contributed by atoms with Crippen LogP contribution in [0.15, 0.2) is 47.6 Å². The normalized spacial score (nSPS) is 40.0. The Morgan fingerprint density at radius 3 is 2.25 bits per heavy atom. The number of carbonyl (C=O) groups is 5. The Labute approximate surface area is 410 Å². The number of aliphatic hydroxyl groups excluding tert-OH is 1. The van der Waals surface area contributed by atoms with Crippen molar-refractivity contribution in [2.45, 2.75) is 186 Å². The number of amides is 1. The molecule has 4 aliphatic heterocycles. The molecular weight excluding hydrogens is 887 g/mol. The Morgan fingerprint density at radius 1 is 0.841 bits per heavy atom. The van der Waals surface area contributed by atoms with Gasteiger partial charge in [0.25, 0.3) is 11.7 Å². The number of piperidine rings is 1. The average molecular weight is 970 g/mol. The number of fused-ring (bicyclic) bond motifs is 3. The first-order valence-electron chi connectivity index (χ1n) is 25.5. The van der Waals surface area contributed by atoms with E-state index in [1.165, 1.54) is 12.0 Å². The van der Waals surface area contributed by atoms with Gasteiger partial charge >= 0.3 is 5.97 Å². The fourth-order valence-corrected chi connectivity index (χ4v) is 10.8. The van der Waals surface area contributed by atoms with Crippen molar-refractivity contribution in [3.05, 3.63) is 47.6 Å². The highest BCUT2D eigenvalue weighted by molar-refractivity contribution is 6.39. The highest BCUT2D eigenvalue weighted by atomic mass is 16.6. The smallest absolute Gasteiger partial charge is 0.329 e. The lowest BCUT2D eigenvalue weighted by atomic mass is 9.78. The van der Waals surface area contributed by atoms with Crippen LogP contribution in [0.3, 0.4) is 0 Å². The summed E-state index contributed by atoms with van der Waals surface area (Å²) < 4.78 is 41.5. The van der Waals surface area contributed by atoms with Gasteiger partial charge in [0, 0.05) is 58.5 Å². The Morgan fingerprint density at radius 2 is 1.58 bits per heavy atom. The molecule has 15 atom stereocenters. The lowest BCUT2D eigenvalue weighted by molar-refractivity contribution is -0.265. The second-order valence-corrected chi connectivity index (χ2v) is 20.9. The number of ether oxygens (including phenoxy) is 7. The van der Waals surface area contributed by atoms with Crippen LogP contribution in [0.2, 0.25) is 0 Å². The molecule has 2 bridgehead atoms. The zero-order valence-electron chi connectivity index (χ0n) is 43.0. The van der Waals surface area contributed by atoms with E-state index in [1.807, 2.05) is 58.1 Å². The molecule has 15 heteroatoms. The van der Waals surface area contributed by atoms with Crippen LogP contribution in [0, 0.1) is 35.5 Å². The Balaban J connectivity index is 1.45. The molecule has 1 aliphatic carbocycles. The molecule has 4 fully saturated rings. The highest BCUT2D eigenvalue weighted by Crippen LogP contribution is 2.38. The summed E-state index contributed by atoms with van der Waals surface area (Å²) >= 11 is 0. The molecule has 388 valence electrons. The third kappa shape index (κ3) is 14.8. The van der Waals surface area contributed by atoms with Gasteiger partial charge in [-0.1, -0.05) is 71.1 Å². The molecule has 15 nitrogen and oxygen atoms in total. The SMILES string of the molecule is COC1C[C@@H](C[C@H](C)[C@@H]2CC(=O)[C@H](C)/C=C(\C)C(O)[C@@H](OC)C(=O)[C@H](C)C[C@H](C)/C=C/C=C/C=C(\C)[C@@H](OC)C[C@@H]3CC[C@@H](C)[C@@](O)(O3)C(=O)C(=O)N3CCCC[C@H]3C(=O)O2)CC[C@@H]1OC1COC1. The van der Waals surface area contributed by atoms with Crippen LogP contribution in [-0.4, -0.2) is 146 Å². The predicted molar refractivity (Wildman–Crippen MR) is 259 cm³/mol. The Kier molecular flexibility index (Phi) is 21.6. The average Bonchev–Trinajstić information content (AvgIpc) is 3.31. The summed E-state index contributed by atoms with van der Waals surface area (Å²) in [4.78, 5) is 72.3. The monoisotopic (exact) mass is 970 g/mol. The van der Waals surface area contributed by atoms with E-state index in [0.717, 1.165) is 18.4 Å². The first kappa shape index (κ1) is 56.5. The van der Waals surface area contributed by atoms with Gasteiger partial charge in [-0.15, -0.1) is 0 Å². The summed E-state index contributed by atoms with van der Waals surface area (Å²) in [5, 5.41) is 23.5. The molecule has 4 heterocycles. The molecule has 1 saturated carbocycles. The van der Waals surface area contributed by atoms with Gasteiger partial charge in [-0.05, 0) is 107 Å². The maximum Gasteiger partial charge on any atom is 0.329 e. The Bertz CT molecular complexity index is 1870. The quantitative estimate of drug-likeness (QED) is 0.150. The van der Waals surface area contributed by atoms with Gasteiger partial charge in [-0.25, -0.2) is 4.79 Å². The summed E-state index contributed by atoms with van der Waals surface area (Å²) in [6.45, 7) is 14.0. The van der Waals surface area contributed by atoms with Gasteiger partial charge in [-0.3, -0.25) is 19.2 Å². The van der Waals surface area contributed by atoms with Crippen molar-refractivity contribution < 1.29 is 67.3 Å². The molecule has 69 heavy (non-hydrogen) atoms. The zero-order valence-corrected chi connectivity index (χ0v) is 43.0. The summed E-state index contributed by atoms with van der Waals surface area (Å²) in [5.41, 5.74) is 1.28. The number of hydrogen-bond donors (Lipinski definition) is 2. The number of methoxy groups -OCH3 is 3. The third-order valence-electron chi connectivity index (χ3n) is 15.4. The van der Waals surface area contributed by atoms with Crippen LogP contribution in [0.4, 0.5) is 0 Å². The number of carbonyl (C=O) groups excluding carboxylic acids is 5. The van der Waals surface area contributed by atoms with Crippen LogP contribution in [0.1, 0.15) is 126 Å². The molecule has 5 rings (SSSR count). The summed E-state index contributed by atoms with van der Waals surface area (Å²) in [6, 6.07) is -1.13.